The smallest absolute Gasteiger partial charge is 0.240 e. The molecule has 4 nitrogen and oxygen atoms in total. The Morgan fingerprint density at radius 1 is 1.00 bits per heavy atom. The molecule has 0 heterocycles. The van der Waals surface area contributed by atoms with Crippen LogP contribution in [0, 0.1) is 0 Å². The van der Waals surface area contributed by atoms with E-state index in [9.17, 15) is 8.42 Å². The van der Waals surface area contributed by atoms with Crippen LogP contribution in [0.3, 0.4) is 0 Å². The lowest BCUT2D eigenvalue weighted by molar-refractivity contribution is 0.573. The quantitative estimate of drug-likeness (QED) is 0.771. The third kappa shape index (κ3) is 3.81. The van der Waals surface area contributed by atoms with Crippen molar-refractivity contribution in [2.24, 2.45) is 0 Å². The Labute approximate surface area is 125 Å². The second kappa shape index (κ2) is 6.13. The summed E-state index contributed by atoms with van der Waals surface area (Å²) in [5.74, 6) is 0. The monoisotopic (exact) mass is 304 g/mol. The molecule has 2 aromatic rings. The second-order valence-corrected chi connectivity index (χ2v) is 7.26. The molecule has 0 aromatic heterocycles. The molecule has 0 amide bonds. The maximum Gasteiger partial charge on any atom is 0.240 e. The van der Waals surface area contributed by atoms with Gasteiger partial charge in [-0.1, -0.05) is 30.3 Å². The summed E-state index contributed by atoms with van der Waals surface area (Å²) in [6.07, 6.45) is 3.31. The molecule has 0 radical (unpaired) electrons. The number of nitrogens with one attached hydrogen (secondary N) is 2. The van der Waals surface area contributed by atoms with Gasteiger partial charge < -0.3 is 5.32 Å². The van der Waals surface area contributed by atoms with Gasteiger partial charge in [0.1, 0.15) is 0 Å². The molecule has 1 aliphatic carbocycles. The van der Waals surface area contributed by atoms with Crippen molar-refractivity contribution < 1.29 is 8.42 Å². The van der Waals surface area contributed by atoms with Gasteiger partial charge in [-0.25, -0.2) is 13.1 Å². The molecule has 0 aliphatic heterocycles. The van der Waals surface area contributed by atoms with Gasteiger partial charge >= 0.3 is 0 Å². The van der Waals surface area contributed by atoms with Crippen molar-refractivity contribution in [2.75, 3.05) is 13.1 Å². The highest BCUT2D eigenvalue weighted by Gasteiger charge is 2.19. The topological polar surface area (TPSA) is 58.2 Å². The fraction of sp³-hybridized carbons (Fsp3) is 0.375. The van der Waals surface area contributed by atoms with Crippen molar-refractivity contribution in [3.63, 3.8) is 0 Å². The number of rotatable bonds is 7. The minimum Gasteiger partial charge on any atom is -0.314 e. The molecule has 0 atom stereocenters. The van der Waals surface area contributed by atoms with Crippen molar-refractivity contribution in [1.82, 2.24) is 10.0 Å². The highest BCUT2D eigenvalue weighted by atomic mass is 32.2. The molecule has 0 bridgehead atoms. The van der Waals surface area contributed by atoms with Crippen LogP contribution in [0.1, 0.15) is 19.3 Å². The molecule has 3 rings (SSSR count). The van der Waals surface area contributed by atoms with Crippen molar-refractivity contribution in [2.45, 2.75) is 30.2 Å². The molecule has 21 heavy (non-hydrogen) atoms. The first kappa shape index (κ1) is 14.5. The molecule has 0 spiro atoms. The molecule has 112 valence electrons. The Morgan fingerprint density at radius 3 is 2.52 bits per heavy atom. The summed E-state index contributed by atoms with van der Waals surface area (Å²) < 4.78 is 27.2. The highest BCUT2D eigenvalue weighted by molar-refractivity contribution is 7.89. The van der Waals surface area contributed by atoms with E-state index in [4.69, 9.17) is 0 Å². The van der Waals surface area contributed by atoms with E-state index >= 15 is 0 Å². The molecule has 1 aliphatic rings. The lowest BCUT2D eigenvalue weighted by atomic mass is 10.1. The zero-order chi connectivity index (χ0) is 14.7. The largest absolute Gasteiger partial charge is 0.314 e. The summed E-state index contributed by atoms with van der Waals surface area (Å²) >= 11 is 0. The standard InChI is InChI=1S/C16H20N2O2S/c19-21(20,18-11-3-10-17-15-7-8-15)16-9-6-13-4-1-2-5-14(13)12-16/h1-2,4-6,9,12,15,17-18H,3,7-8,10-11H2. The van der Waals surface area contributed by atoms with Crippen molar-refractivity contribution >= 4 is 20.8 Å². The van der Waals surface area contributed by atoms with E-state index in [1.165, 1.54) is 12.8 Å². The maximum absolute atomic E-state index is 12.3. The van der Waals surface area contributed by atoms with Crippen LogP contribution in [0.2, 0.25) is 0 Å². The van der Waals surface area contributed by atoms with E-state index in [0.29, 0.717) is 17.5 Å². The number of hydrogen-bond donors (Lipinski definition) is 2. The van der Waals surface area contributed by atoms with Crippen LogP contribution >= 0.6 is 0 Å². The molecule has 2 aromatic carbocycles. The van der Waals surface area contributed by atoms with Crippen molar-refractivity contribution in [1.29, 1.82) is 0 Å². The van der Waals surface area contributed by atoms with E-state index in [0.717, 1.165) is 23.7 Å². The lowest BCUT2D eigenvalue weighted by Crippen LogP contribution is -2.28. The summed E-state index contributed by atoms with van der Waals surface area (Å²) in [6.45, 7) is 1.33. The maximum atomic E-state index is 12.3. The zero-order valence-corrected chi connectivity index (χ0v) is 12.7. The number of sulfonamides is 1. The van der Waals surface area contributed by atoms with E-state index in [1.807, 2.05) is 30.3 Å². The molecule has 2 N–H and O–H groups in total. The van der Waals surface area contributed by atoms with Gasteiger partial charge in [-0.2, -0.15) is 0 Å². The fourth-order valence-corrected chi connectivity index (χ4v) is 3.42. The van der Waals surface area contributed by atoms with Gasteiger partial charge in [0, 0.05) is 12.6 Å². The minimum atomic E-state index is -3.41. The first-order chi connectivity index (χ1) is 10.1. The van der Waals surface area contributed by atoms with Gasteiger partial charge in [0.2, 0.25) is 10.0 Å². The van der Waals surface area contributed by atoms with Crippen LogP contribution in [0.25, 0.3) is 10.8 Å². The van der Waals surface area contributed by atoms with Crippen molar-refractivity contribution in [3.05, 3.63) is 42.5 Å². The second-order valence-electron chi connectivity index (χ2n) is 5.49. The van der Waals surface area contributed by atoms with Crippen LogP contribution < -0.4 is 10.0 Å². The van der Waals surface area contributed by atoms with Gasteiger partial charge in [-0.15, -0.1) is 0 Å². The molecule has 5 heteroatoms. The average molecular weight is 304 g/mol. The van der Waals surface area contributed by atoms with Crippen LogP contribution in [0.4, 0.5) is 0 Å². The first-order valence-electron chi connectivity index (χ1n) is 7.37. The lowest BCUT2D eigenvalue weighted by Gasteiger charge is -2.08. The third-order valence-corrected chi connectivity index (χ3v) is 5.15. The predicted molar refractivity (Wildman–Crippen MR) is 84.8 cm³/mol. The van der Waals surface area contributed by atoms with Gasteiger partial charge in [0.15, 0.2) is 0 Å². The van der Waals surface area contributed by atoms with E-state index in [-0.39, 0.29) is 0 Å². The number of hydrogen-bond acceptors (Lipinski definition) is 3. The van der Waals surface area contributed by atoms with Gasteiger partial charge in [0.25, 0.3) is 0 Å². The Hall–Kier alpha value is -1.43. The Bertz CT molecular complexity index is 724. The summed E-state index contributed by atoms with van der Waals surface area (Å²) in [5.41, 5.74) is 0. The fourth-order valence-electron chi connectivity index (χ4n) is 2.31. The summed E-state index contributed by atoms with van der Waals surface area (Å²) in [7, 11) is -3.41. The van der Waals surface area contributed by atoms with Gasteiger partial charge in [0.05, 0.1) is 4.90 Å². The molecule has 0 unspecified atom stereocenters. The van der Waals surface area contributed by atoms with E-state index < -0.39 is 10.0 Å². The minimum absolute atomic E-state index is 0.330. The predicted octanol–water partition coefficient (Wildman–Crippen LogP) is 2.26. The van der Waals surface area contributed by atoms with Crippen LogP contribution in [-0.4, -0.2) is 27.5 Å². The van der Waals surface area contributed by atoms with Crippen LogP contribution in [0.5, 0.6) is 0 Å². The Morgan fingerprint density at radius 2 is 1.76 bits per heavy atom. The van der Waals surface area contributed by atoms with Crippen LogP contribution in [0.15, 0.2) is 47.4 Å². The summed E-state index contributed by atoms with van der Waals surface area (Å²) in [6, 6.07) is 13.7. The summed E-state index contributed by atoms with van der Waals surface area (Å²) in [5, 5.41) is 5.36. The van der Waals surface area contributed by atoms with Gasteiger partial charge in [-0.3, -0.25) is 0 Å². The highest BCUT2D eigenvalue weighted by Crippen LogP contribution is 2.19. The van der Waals surface area contributed by atoms with E-state index in [1.54, 1.807) is 12.1 Å². The first-order valence-corrected chi connectivity index (χ1v) is 8.85. The molecule has 0 saturated heterocycles. The van der Waals surface area contributed by atoms with E-state index in [2.05, 4.69) is 10.0 Å². The SMILES string of the molecule is O=S(=O)(NCCCNC1CC1)c1ccc2ccccc2c1. The number of fused-ring (bicyclic) bond motifs is 1. The third-order valence-electron chi connectivity index (χ3n) is 3.69. The Kier molecular flexibility index (Phi) is 4.24. The molecule has 1 fully saturated rings. The molecule has 1 saturated carbocycles. The zero-order valence-electron chi connectivity index (χ0n) is 11.9. The summed E-state index contributed by atoms with van der Waals surface area (Å²) in [4.78, 5) is 0.330. The molecular weight excluding hydrogens is 284 g/mol. The average Bonchev–Trinajstić information content (AvgIpc) is 3.30. The number of benzene rings is 2. The van der Waals surface area contributed by atoms with Gasteiger partial charge in [-0.05, 0) is 48.7 Å². The molecular formula is C16H20N2O2S. The normalized spacial score (nSPS) is 15.4. The Balaban J connectivity index is 1.61. The van der Waals surface area contributed by atoms with Crippen LogP contribution in [-0.2, 0) is 10.0 Å². The van der Waals surface area contributed by atoms with Crippen molar-refractivity contribution in [3.8, 4) is 0 Å².